The number of nitrogens with zero attached hydrogens (tertiary/aromatic N) is 3. The molecule has 2 aromatic carbocycles. The molecule has 5 nitrogen and oxygen atoms in total. The van der Waals surface area contributed by atoms with Gasteiger partial charge >= 0.3 is 0 Å². The number of imidazole rings is 1. The highest BCUT2D eigenvalue weighted by Gasteiger charge is 2.44. The molecule has 31 heavy (non-hydrogen) atoms. The van der Waals surface area contributed by atoms with E-state index < -0.39 is 30.8 Å². The number of hydrogen-bond acceptors (Lipinski definition) is 3. The zero-order chi connectivity index (χ0) is 23.8. The Morgan fingerprint density at radius 2 is 2.19 bits per heavy atom. The van der Waals surface area contributed by atoms with E-state index in [9.17, 15) is 9.18 Å². The zero-order valence-electron chi connectivity index (χ0n) is 19.5. The van der Waals surface area contributed by atoms with Crippen LogP contribution in [0.1, 0.15) is 62.8 Å². The molecule has 1 amide bonds. The average Bonchev–Trinajstić information content (AvgIpc) is 3.46. The van der Waals surface area contributed by atoms with Crippen molar-refractivity contribution in [2.75, 3.05) is 13.5 Å². The number of amides is 1. The Bertz CT molecular complexity index is 1420. The van der Waals surface area contributed by atoms with E-state index in [1.165, 1.54) is 18.9 Å². The maximum Gasteiger partial charge on any atom is 0.254 e. The van der Waals surface area contributed by atoms with Crippen molar-refractivity contribution >= 4 is 28.5 Å². The van der Waals surface area contributed by atoms with Crippen LogP contribution in [0.4, 0.5) is 4.39 Å². The molecule has 3 aliphatic rings. The topological polar surface area (TPSA) is 50.2 Å². The van der Waals surface area contributed by atoms with Crippen molar-refractivity contribution in [1.82, 2.24) is 19.8 Å². The van der Waals surface area contributed by atoms with Crippen LogP contribution in [-0.4, -0.2) is 39.9 Å². The molecule has 2 aliphatic heterocycles. The molecule has 3 heterocycles. The number of carbonyl (C=O) groups excluding carboxylic acids is 1. The monoisotopic (exact) mass is 437 g/mol. The molecule has 1 aromatic heterocycles. The van der Waals surface area contributed by atoms with Crippen LogP contribution in [0.25, 0.3) is 11.0 Å². The number of nitrogens with one attached hydrogen (secondary N) is 1. The first-order valence-corrected chi connectivity index (χ1v) is 10.7. The Kier molecular flexibility index (Phi) is 3.48. The molecule has 6 rings (SSSR count). The first kappa shape index (κ1) is 15.9. The van der Waals surface area contributed by atoms with Gasteiger partial charge in [0.2, 0.25) is 0 Å². The highest BCUT2D eigenvalue weighted by molar-refractivity contribution is 6.32. The molecule has 1 fully saturated rings. The van der Waals surface area contributed by atoms with E-state index >= 15 is 0 Å². The molecule has 1 aliphatic carbocycles. The third-order valence-electron chi connectivity index (χ3n) is 6.29. The van der Waals surface area contributed by atoms with Gasteiger partial charge in [-0.3, -0.25) is 4.79 Å². The quantitative estimate of drug-likeness (QED) is 0.615. The van der Waals surface area contributed by atoms with Crippen molar-refractivity contribution < 1.29 is 13.3 Å². The van der Waals surface area contributed by atoms with E-state index in [1.807, 2.05) is 22.8 Å². The molecule has 0 spiro atoms. The number of benzene rings is 2. The summed E-state index contributed by atoms with van der Waals surface area (Å²) in [7, 11) is 0. The summed E-state index contributed by atoms with van der Waals surface area (Å²) in [4.78, 5) is 18.9. The summed E-state index contributed by atoms with van der Waals surface area (Å²) < 4.78 is 40.6. The van der Waals surface area contributed by atoms with Gasteiger partial charge in [0, 0.05) is 40.2 Å². The highest BCUT2D eigenvalue weighted by atomic mass is 35.5. The molecular formula is C24H20ClFN4O. The molecule has 1 saturated carbocycles. The Labute approximate surface area is 188 Å². The number of halogens is 2. The molecule has 156 valence electrons. The van der Waals surface area contributed by atoms with Gasteiger partial charge < -0.3 is 14.8 Å². The lowest BCUT2D eigenvalue weighted by Gasteiger charge is -2.24. The number of aromatic nitrogens is 2. The van der Waals surface area contributed by atoms with Crippen LogP contribution in [0.5, 0.6) is 0 Å². The molecule has 2 atom stereocenters. The van der Waals surface area contributed by atoms with E-state index in [4.69, 9.17) is 20.7 Å². The lowest BCUT2D eigenvalue weighted by molar-refractivity contribution is 0.0734. The fourth-order valence-electron chi connectivity index (χ4n) is 4.62. The van der Waals surface area contributed by atoms with Gasteiger partial charge in [-0.2, -0.15) is 0 Å². The van der Waals surface area contributed by atoms with Crippen molar-refractivity contribution in [3.63, 3.8) is 0 Å². The summed E-state index contributed by atoms with van der Waals surface area (Å²) in [5, 5.41) is 3.18. The third-order valence-corrected chi connectivity index (χ3v) is 6.67. The molecule has 0 radical (unpaired) electrons. The van der Waals surface area contributed by atoms with E-state index in [1.54, 1.807) is 0 Å². The summed E-state index contributed by atoms with van der Waals surface area (Å²) >= 11 is 6.38. The van der Waals surface area contributed by atoms with Crippen LogP contribution < -0.4 is 5.32 Å². The van der Waals surface area contributed by atoms with Gasteiger partial charge in [0.05, 0.1) is 34.7 Å². The van der Waals surface area contributed by atoms with Gasteiger partial charge in [-0.1, -0.05) is 23.4 Å². The second kappa shape index (κ2) is 6.81. The van der Waals surface area contributed by atoms with Crippen molar-refractivity contribution in [2.24, 2.45) is 0 Å². The summed E-state index contributed by atoms with van der Waals surface area (Å²) in [6.45, 7) is -2.09. The molecule has 7 heteroatoms. The van der Waals surface area contributed by atoms with Gasteiger partial charge in [-0.15, -0.1) is 0 Å². The summed E-state index contributed by atoms with van der Waals surface area (Å²) in [5.74, 6) is 5.39. The first-order valence-electron chi connectivity index (χ1n) is 11.8. The lowest BCUT2D eigenvalue weighted by atomic mass is 9.98. The third kappa shape index (κ3) is 2.88. The van der Waals surface area contributed by atoms with Gasteiger partial charge in [0.1, 0.15) is 11.6 Å². The van der Waals surface area contributed by atoms with Gasteiger partial charge in [0.15, 0.2) is 0 Å². The number of fused-ring (bicyclic) bond motifs is 9. The Morgan fingerprint density at radius 1 is 1.32 bits per heavy atom. The normalized spacial score (nSPS) is 23.4. The van der Waals surface area contributed by atoms with Crippen LogP contribution in [0, 0.1) is 17.7 Å². The lowest BCUT2D eigenvalue weighted by Crippen LogP contribution is -2.30. The number of rotatable bonds is 2. The van der Waals surface area contributed by atoms with Crippen molar-refractivity contribution in [1.29, 1.82) is 0 Å². The van der Waals surface area contributed by atoms with Crippen LogP contribution in [0.15, 0.2) is 30.3 Å². The number of carbonyl (C=O) groups is 1. The largest absolute Gasteiger partial charge is 0.331 e. The SMILES string of the molecule is [2H]C([2H])([2H])N1C(=O)c2ccc(F)c(Cl)c2[C@H]2C[C@@H]1c1nc3ccc(C#CCNC4CC4)cc3n12. The maximum absolute atomic E-state index is 14.5. The minimum atomic E-state index is -2.70. The fourth-order valence-corrected chi connectivity index (χ4v) is 4.91. The second-order valence-corrected chi connectivity index (χ2v) is 8.64. The van der Waals surface area contributed by atoms with Crippen molar-refractivity contribution in [3.05, 3.63) is 63.7 Å². The zero-order valence-corrected chi connectivity index (χ0v) is 17.2. The second-order valence-electron chi connectivity index (χ2n) is 8.27. The fraction of sp³-hybridized carbons (Fsp3) is 0.333. The Hall–Kier alpha value is -2.88. The molecular weight excluding hydrogens is 415 g/mol. The standard InChI is InChI=1S/C24H20ClFN4O/c1-29-20-12-19(21-15(24(29)31)7-8-16(26)22(21)25)30-18-11-13(3-2-10-27-14-5-6-14)4-9-17(18)28-23(20)30/h4,7-9,11,14,19-20,27H,5-6,10,12H2,1H3/t19-,20-/m1/s1/i1D3. The number of hydrogen-bond donors (Lipinski definition) is 1. The van der Waals surface area contributed by atoms with Crippen LogP contribution >= 0.6 is 11.6 Å². The Balaban J connectivity index is 1.52. The molecule has 1 N–H and O–H groups in total. The smallest absolute Gasteiger partial charge is 0.254 e. The van der Waals surface area contributed by atoms with Crippen LogP contribution in [0.2, 0.25) is 5.02 Å². The summed E-state index contributed by atoms with van der Waals surface area (Å²) in [6.07, 6.45) is 2.64. The van der Waals surface area contributed by atoms with E-state index in [0.717, 1.165) is 22.0 Å². The van der Waals surface area contributed by atoms with Gasteiger partial charge in [0.25, 0.3) is 5.91 Å². The molecule has 2 bridgehead atoms. The van der Waals surface area contributed by atoms with Crippen LogP contribution in [0.3, 0.4) is 0 Å². The highest BCUT2D eigenvalue weighted by Crippen LogP contribution is 2.49. The van der Waals surface area contributed by atoms with E-state index in [2.05, 4.69) is 17.2 Å². The summed E-state index contributed by atoms with van der Waals surface area (Å²) in [6, 6.07) is 7.29. The van der Waals surface area contributed by atoms with Crippen LogP contribution in [-0.2, 0) is 0 Å². The molecule has 0 unspecified atom stereocenters. The van der Waals surface area contributed by atoms with E-state index in [-0.39, 0.29) is 17.0 Å². The Morgan fingerprint density at radius 3 is 3.00 bits per heavy atom. The minimum absolute atomic E-state index is 0.102. The predicted molar refractivity (Wildman–Crippen MR) is 117 cm³/mol. The first-order chi connectivity index (χ1) is 16.2. The van der Waals surface area contributed by atoms with E-state index in [0.29, 0.717) is 29.5 Å². The van der Waals surface area contributed by atoms with Gasteiger partial charge in [-0.05, 0) is 43.2 Å². The summed E-state index contributed by atoms with van der Waals surface area (Å²) in [5.41, 5.74) is 2.59. The predicted octanol–water partition coefficient (Wildman–Crippen LogP) is 4.05. The minimum Gasteiger partial charge on any atom is -0.331 e. The molecule has 0 saturated heterocycles. The average molecular weight is 438 g/mol. The van der Waals surface area contributed by atoms with Gasteiger partial charge in [-0.25, -0.2) is 9.37 Å². The van der Waals surface area contributed by atoms with Crippen molar-refractivity contribution in [2.45, 2.75) is 37.4 Å². The maximum atomic E-state index is 14.5. The van der Waals surface area contributed by atoms with Crippen molar-refractivity contribution in [3.8, 4) is 11.8 Å². The molecule has 3 aromatic rings.